The van der Waals surface area contributed by atoms with Gasteiger partial charge < -0.3 is 14.5 Å². The van der Waals surface area contributed by atoms with Crippen molar-refractivity contribution in [1.82, 2.24) is 4.90 Å². The summed E-state index contributed by atoms with van der Waals surface area (Å²) in [5, 5.41) is 9.29. The van der Waals surface area contributed by atoms with Crippen LogP contribution in [-0.2, 0) is 16.2 Å². The number of carbonyl (C=O) groups is 2. The first-order valence-corrected chi connectivity index (χ1v) is 12.0. The van der Waals surface area contributed by atoms with Crippen LogP contribution in [0.2, 0.25) is 0 Å². The van der Waals surface area contributed by atoms with Gasteiger partial charge in [0.1, 0.15) is 5.75 Å². The molecule has 2 aliphatic rings. The molecular weight excluding hydrogens is 446 g/mol. The summed E-state index contributed by atoms with van der Waals surface area (Å²) in [5.74, 6) is 0.980. The maximum atomic E-state index is 14.2. The second-order valence-corrected chi connectivity index (χ2v) is 9.64. The number of carbonyl (C=O) groups excluding carboxylic acids is 2. The predicted octanol–water partition coefficient (Wildman–Crippen LogP) is 4.46. The monoisotopic (exact) mass is 469 g/mol. The number of hydrogen-bond donors (Lipinski definition) is 0. The van der Waals surface area contributed by atoms with Gasteiger partial charge in [-0.3, -0.25) is 9.59 Å². The van der Waals surface area contributed by atoms with Gasteiger partial charge in [0.2, 0.25) is 0 Å². The van der Waals surface area contributed by atoms with Crippen LogP contribution >= 0.6 is 11.8 Å². The highest BCUT2D eigenvalue weighted by Crippen LogP contribution is 2.55. The van der Waals surface area contributed by atoms with Crippen molar-refractivity contribution in [3.05, 3.63) is 94.5 Å². The molecule has 170 valence electrons. The summed E-state index contributed by atoms with van der Waals surface area (Å²) >= 11 is 1.49. The second-order valence-electron chi connectivity index (χ2n) is 8.35. The molecule has 3 aromatic carbocycles. The summed E-state index contributed by atoms with van der Waals surface area (Å²) in [6, 6.07) is 22.5. The molecule has 0 N–H and O–H groups in total. The number of rotatable bonds is 4. The lowest BCUT2D eigenvalue weighted by molar-refractivity contribution is -0.123. The number of nitrogens with zero attached hydrogens (tertiary/aromatic N) is 3. The number of anilines is 1. The third kappa shape index (κ3) is 3.34. The minimum absolute atomic E-state index is 0.150. The number of fused-ring (bicyclic) bond motifs is 2. The van der Waals surface area contributed by atoms with Crippen LogP contribution in [0.1, 0.15) is 32.6 Å². The van der Waals surface area contributed by atoms with Gasteiger partial charge in [-0.25, -0.2) is 0 Å². The fourth-order valence-corrected chi connectivity index (χ4v) is 6.21. The topological polar surface area (TPSA) is 73.6 Å². The number of methoxy groups -OCH3 is 1. The van der Waals surface area contributed by atoms with Gasteiger partial charge in [-0.2, -0.15) is 5.26 Å². The van der Waals surface area contributed by atoms with Crippen molar-refractivity contribution in [3.8, 4) is 11.8 Å². The zero-order valence-electron chi connectivity index (χ0n) is 18.9. The van der Waals surface area contributed by atoms with Crippen molar-refractivity contribution >= 4 is 29.3 Å². The third-order valence-corrected chi connectivity index (χ3v) is 7.84. The molecule has 0 bridgehead atoms. The van der Waals surface area contributed by atoms with Gasteiger partial charge in [-0.15, -0.1) is 11.8 Å². The number of nitriles is 1. The summed E-state index contributed by atoms with van der Waals surface area (Å²) in [6.07, 6.45) is 0. The quantitative estimate of drug-likeness (QED) is 0.564. The molecule has 1 fully saturated rings. The van der Waals surface area contributed by atoms with Crippen LogP contribution < -0.4 is 9.64 Å². The Hall–Kier alpha value is -3.76. The summed E-state index contributed by atoms with van der Waals surface area (Å²) in [6.45, 7) is 2.69. The first kappa shape index (κ1) is 22.1. The standard InChI is InChI=1S/C27H23N3O3S/c1-18-6-3-4-9-22(18)25(31)30-12-13-34-27(30)23-15-21(33-2)10-11-24(23)29(26(27)32)17-20-8-5-7-19(14-20)16-28/h3-11,14-15H,12-13,17H2,1-2H3/t27-/m1/s1. The Bertz CT molecular complexity index is 1350. The van der Waals surface area contributed by atoms with Gasteiger partial charge in [-0.05, 0) is 54.4 Å². The molecule has 7 heteroatoms. The van der Waals surface area contributed by atoms with Crippen LogP contribution in [0.4, 0.5) is 5.69 Å². The Morgan fingerprint density at radius 2 is 1.97 bits per heavy atom. The van der Waals surface area contributed by atoms with Gasteiger partial charge in [0.15, 0.2) is 4.87 Å². The van der Waals surface area contributed by atoms with Crippen molar-refractivity contribution in [2.45, 2.75) is 18.3 Å². The summed E-state index contributed by atoms with van der Waals surface area (Å²) in [7, 11) is 1.59. The first-order valence-electron chi connectivity index (χ1n) is 11.0. The largest absolute Gasteiger partial charge is 0.497 e. The van der Waals surface area contributed by atoms with Crippen molar-refractivity contribution in [1.29, 1.82) is 5.26 Å². The molecule has 5 rings (SSSR count). The van der Waals surface area contributed by atoms with Crippen LogP contribution in [0.3, 0.4) is 0 Å². The lowest BCUT2D eigenvalue weighted by Crippen LogP contribution is -2.50. The fourth-order valence-electron chi connectivity index (χ4n) is 4.76. The van der Waals surface area contributed by atoms with E-state index in [1.54, 1.807) is 29.0 Å². The zero-order valence-corrected chi connectivity index (χ0v) is 19.8. The zero-order chi connectivity index (χ0) is 23.9. The molecule has 0 aliphatic carbocycles. The number of thioether (sulfide) groups is 1. The molecular formula is C27H23N3O3S. The Morgan fingerprint density at radius 1 is 1.15 bits per heavy atom. The van der Waals surface area contributed by atoms with Gasteiger partial charge in [0.25, 0.3) is 11.8 Å². The molecule has 1 spiro atoms. The van der Waals surface area contributed by atoms with Gasteiger partial charge >= 0.3 is 0 Å². The Kier molecular flexibility index (Phi) is 5.54. The van der Waals surface area contributed by atoms with Crippen molar-refractivity contribution < 1.29 is 14.3 Å². The number of amides is 2. The number of hydrogen-bond acceptors (Lipinski definition) is 5. The molecule has 3 aromatic rings. The highest BCUT2D eigenvalue weighted by Gasteiger charge is 2.59. The second kappa shape index (κ2) is 8.54. The molecule has 2 amide bonds. The molecule has 1 saturated heterocycles. The lowest BCUT2D eigenvalue weighted by Gasteiger charge is -2.33. The van der Waals surface area contributed by atoms with E-state index in [1.165, 1.54) is 11.8 Å². The van der Waals surface area contributed by atoms with Gasteiger partial charge in [-0.1, -0.05) is 30.3 Å². The van der Waals surface area contributed by atoms with E-state index in [-0.39, 0.29) is 11.8 Å². The fraction of sp³-hybridized carbons (Fsp3) is 0.222. The molecule has 1 atom stereocenters. The maximum absolute atomic E-state index is 14.2. The third-order valence-electron chi connectivity index (χ3n) is 6.42. The highest BCUT2D eigenvalue weighted by atomic mass is 32.2. The van der Waals surface area contributed by atoms with E-state index in [0.717, 1.165) is 22.4 Å². The molecule has 0 saturated carbocycles. The lowest BCUT2D eigenvalue weighted by atomic mass is 10.0. The van der Waals surface area contributed by atoms with Crippen molar-refractivity contribution in [2.75, 3.05) is 24.3 Å². The van der Waals surface area contributed by atoms with Gasteiger partial charge in [0.05, 0.1) is 31.0 Å². The minimum atomic E-state index is -1.16. The smallest absolute Gasteiger partial charge is 0.268 e. The van der Waals surface area contributed by atoms with Crippen molar-refractivity contribution in [2.24, 2.45) is 0 Å². The van der Waals surface area contributed by atoms with E-state index in [1.807, 2.05) is 61.5 Å². The number of aryl methyl sites for hydroxylation is 1. The predicted molar refractivity (Wildman–Crippen MR) is 132 cm³/mol. The normalized spacial score (nSPS) is 18.8. The Balaban J connectivity index is 1.62. The van der Waals surface area contributed by atoms with E-state index in [2.05, 4.69) is 6.07 Å². The number of ether oxygens (including phenoxy) is 1. The molecule has 0 unspecified atom stereocenters. The van der Waals surface area contributed by atoms with Crippen LogP contribution in [0.25, 0.3) is 0 Å². The molecule has 34 heavy (non-hydrogen) atoms. The van der Waals surface area contributed by atoms with Crippen LogP contribution in [0.5, 0.6) is 5.75 Å². The molecule has 0 radical (unpaired) electrons. The highest BCUT2D eigenvalue weighted by molar-refractivity contribution is 8.01. The number of benzene rings is 3. The van der Waals surface area contributed by atoms with Crippen LogP contribution in [0, 0.1) is 18.3 Å². The summed E-state index contributed by atoms with van der Waals surface area (Å²) in [5.41, 5.74) is 4.39. The molecule has 0 aromatic heterocycles. The maximum Gasteiger partial charge on any atom is 0.268 e. The van der Waals surface area contributed by atoms with E-state index < -0.39 is 4.87 Å². The van der Waals surface area contributed by atoms with Crippen molar-refractivity contribution in [3.63, 3.8) is 0 Å². The van der Waals surface area contributed by atoms with E-state index in [0.29, 0.717) is 35.7 Å². The summed E-state index contributed by atoms with van der Waals surface area (Å²) < 4.78 is 5.48. The minimum Gasteiger partial charge on any atom is -0.497 e. The average molecular weight is 470 g/mol. The van der Waals surface area contributed by atoms with Crippen LogP contribution in [0.15, 0.2) is 66.7 Å². The van der Waals surface area contributed by atoms with E-state index >= 15 is 0 Å². The molecule has 6 nitrogen and oxygen atoms in total. The Labute approximate surface area is 202 Å². The Morgan fingerprint density at radius 3 is 2.74 bits per heavy atom. The average Bonchev–Trinajstić information content (AvgIpc) is 3.41. The SMILES string of the molecule is COc1ccc2c(c1)[C@@]1(SCCN1C(=O)c1ccccc1C)C(=O)N2Cc1cccc(C#N)c1. The molecule has 2 heterocycles. The van der Waals surface area contributed by atoms with E-state index in [9.17, 15) is 14.9 Å². The van der Waals surface area contributed by atoms with Gasteiger partial charge in [0, 0.05) is 23.4 Å². The van der Waals surface area contributed by atoms with E-state index in [4.69, 9.17) is 4.74 Å². The first-order chi connectivity index (χ1) is 16.5. The van der Waals surface area contributed by atoms with Crippen LogP contribution in [-0.4, -0.2) is 36.1 Å². The molecule has 2 aliphatic heterocycles. The summed E-state index contributed by atoms with van der Waals surface area (Å²) in [4.78, 5) is 30.2.